The van der Waals surface area contributed by atoms with Crippen molar-refractivity contribution in [2.45, 2.75) is 71.1 Å². The highest BCUT2D eigenvalue weighted by Crippen LogP contribution is 2.07. The van der Waals surface area contributed by atoms with Gasteiger partial charge in [0.15, 0.2) is 5.96 Å². The van der Waals surface area contributed by atoms with Gasteiger partial charge in [0.05, 0.1) is 0 Å². The van der Waals surface area contributed by atoms with Gasteiger partial charge in [0, 0.05) is 13.5 Å². The number of amides is 4. The van der Waals surface area contributed by atoms with Crippen LogP contribution in [0.5, 0.6) is 0 Å². The molecule has 0 aromatic carbocycles. The zero-order valence-corrected chi connectivity index (χ0v) is 21.7. The number of guanidine groups is 1. The molecule has 0 aliphatic rings. The average molecular weight is 518 g/mol. The van der Waals surface area contributed by atoms with Gasteiger partial charge in [-0.3, -0.25) is 29.0 Å². The first-order valence-electron chi connectivity index (χ1n) is 11.2. The summed E-state index contributed by atoms with van der Waals surface area (Å²) in [6.45, 7) is 6.32. The van der Waals surface area contributed by atoms with Crippen LogP contribution in [0.4, 0.5) is 0 Å². The summed E-state index contributed by atoms with van der Waals surface area (Å²) in [6, 6.07) is -4.07. The van der Waals surface area contributed by atoms with E-state index in [0.717, 1.165) is 0 Å². The highest BCUT2D eigenvalue weighted by Gasteiger charge is 2.31. The first-order valence-corrected chi connectivity index (χ1v) is 12.6. The number of nitrogens with one attached hydrogen (secondary N) is 4. The summed E-state index contributed by atoms with van der Waals surface area (Å²) in [5.41, 5.74) is 10.7. The van der Waals surface area contributed by atoms with Gasteiger partial charge in [0.25, 0.3) is 0 Å². The number of hydrogen-bond donors (Lipinski definition) is 7. The summed E-state index contributed by atoms with van der Waals surface area (Å²) in [6.07, 6.45) is 2.58. The molecule has 0 fully saturated rings. The minimum atomic E-state index is -1.21. The Hall–Kier alpha value is -3.03. The zero-order chi connectivity index (χ0) is 27.1. The Morgan fingerprint density at radius 3 is 1.91 bits per heavy atom. The second-order valence-corrected chi connectivity index (χ2v) is 9.33. The fourth-order valence-corrected chi connectivity index (χ4v) is 3.41. The fraction of sp³-hybridized carbons (Fsp3) is 0.714. The lowest BCUT2D eigenvalue weighted by molar-refractivity contribution is -0.141. The van der Waals surface area contributed by atoms with Crippen LogP contribution in [0.25, 0.3) is 0 Å². The van der Waals surface area contributed by atoms with E-state index in [1.54, 1.807) is 13.8 Å². The third kappa shape index (κ3) is 13.4. The van der Waals surface area contributed by atoms with Gasteiger partial charge in [-0.2, -0.15) is 11.8 Å². The lowest BCUT2D eigenvalue weighted by Crippen LogP contribution is -2.58. The molecule has 0 aliphatic heterocycles. The summed E-state index contributed by atoms with van der Waals surface area (Å²) in [5.74, 6) is -3.27. The van der Waals surface area contributed by atoms with Gasteiger partial charge in [0.1, 0.15) is 24.2 Å². The Kier molecular flexibility index (Phi) is 15.1. The Morgan fingerprint density at radius 2 is 1.43 bits per heavy atom. The van der Waals surface area contributed by atoms with Crippen molar-refractivity contribution >= 4 is 47.3 Å². The monoisotopic (exact) mass is 517 g/mol. The number of carboxylic acids is 1. The number of aliphatic carboxylic acids is 1. The zero-order valence-electron chi connectivity index (χ0n) is 20.9. The van der Waals surface area contributed by atoms with Gasteiger partial charge in [-0.05, 0) is 44.1 Å². The van der Waals surface area contributed by atoms with Crippen molar-refractivity contribution in [1.82, 2.24) is 21.3 Å². The van der Waals surface area contributed by atoms with Crippen molar-refractivity contribution in [3.05, 3.63) is 0 Å². The third-order valence-electron chi connectivity index (χ3n) is 4.86. The van der Waals surface area contributed by atoms with Crippen molar-refractivity contribution < 1.29 is 29.1 Å². The number of nitrogens with zero attached hydrogens (tertiary/aromatic N) is 1. The van der Waals surface area contributed by atoms with Crippen LogP contribution in [-0.2, 0) is 24.0 Å². The van der Waals surface area contributed by atoms with Crippen molar-refractivity contribution in [1.29, 1.82) is 0 Å². The fourth-order valence-electron chi connectivity index (χ4n) is 2.94. The topological polar surface area (TPSA) is 218 Å². The van der Waals surface area contributed by atoms with Crippen LogP contribution in [0.15, 0.2) is 4.99 Å². The summed E-state index contributed by atoms with van der Waals surface area (Å²) in [5, 5.41) is 19.2. The minimum absolute atomic E-state index is 0.109. The summed E-state index contributed by atoms with van der Waals surface area (Å²) in [4.78, 5) is 65.1. The highest BCUT2D eigenvalue weighted by atomic mass is 32.2. The number of carbonyl (C=O) groups excluding carboxylic acids is 4. The maximum atomic E-state index is 13.1. The molecule has 0 saturated carbocycles. The molecule has 0 aromatic heterocycles. The van der Waals surface area contributed by atoms with E-state index in [1.807, 2.05) is 6.26 Å². The molecule has 4 atom stereocenters. The van der Waals surface area contributed by atoms with Crippen LogP contribution in [0, 0.1) is 5.92 Å². The molecule has 4 amide bonds. The third-order valence-corrected chi connectivity index (χ3v) is 5.50. The first kappa shape index (κ1) is 32.0. The van der Waals surface area contributed by atoms with Gasteiger partial charge < -0.3 is 37.8 Å². The predicted octanol–water partition coefficient (Wildman–Crippen LogP) is -1.49. The maximum absolute atomic E-state index is 13.1. The Morgan fingerprint density at radius 1 is 0.886 bits per heavy atom. The van der Waals surface area contributed by atoms with Crippen LogP contribution < -0.4 is 32.7 Å². The Labute approximate surface area is 210 Å². The van der Waals surface area contributed by atoms with Crippen molar-refractivity contribution in [2.75, 3.05) is 18.6 Å². The molecule has 200 valence electrons. The van der Waals surface area contributed by atoms with E-state index >= 15 is 0 Å². The largest absolute Gasteiger partial charge is 0.480 e. The number of aliphatic imine (C=N–C) groups is 1. The normalized spacial score (nSPS) is 14.1. The molecule has 0 saturated heterocycles. The average Bonchev–Trinajstić information content (AvgIpc) is 2.75. The molecule has 0 aromatic rings. The number of carboxylic acid groups (broad SMARTS) is 1. The van der Waals surface area contributed by atoms with E-state index in [2.05, 4.69) is 26.3 Å². The van der Waals surface area contributed by atoms with E-state index in [-0.39, 0.29) is 31.3 Å². The first-order chi connectivity index (χ1) is 16.3. The molecule has 0 unspecified atom stereocenters. The van der Waals surface area contributed by atoms with Gasteiger partial charge in [0.2, 0.25) is 23.6 Å². The second-order valence-electron chi connectivity index (χ2n) is 8.34. The van der Waals surface area contributed by atoms with Crippen LogP contribution in [-0.4, -0.2) is 83.4 Å². The van der Waals surface area contributed by atoms with Gasteiger partial charge >= 0.3 is 5.97 Å². The maximum Gasteiger partial charge on any atom is 0.325 e. The summed E-state index contributed by atoms with van der Waals surface area (Å²) in [7, 11) is 0. The lowest BCUT2D eigenvalue weighted by Gasteiger charge is -2.26. The Balaban J connectivity index is 5.64. The number of carbonyl (C=O) groups is 5. The SMILES string of the molecule is CSCC[C@H](NC(=O)[C@H](CCCN=C(N)N)NC(=O)[C@@H](NC(C)=O)C(C)C)C(=O)N[C@@H](C)C(=O)O. The molecule has 0 spiro atoms. The van der Waals surface area contributed by atoms with Crippen LogP contribution in [0.3, 0.4) is 0 Å². The standard InChI is InChI=1S/C21H39N7O6S/c1-11(2)16(26-13(4)29)19(32)28-14(7-6-9-24-21(22)23)18(31)27-15(8-10-35-5)17(30)25-12(3)20(33)34/h11-12,14-16H,6-10H2,1-5H3,(H,25,30)(H,26,29)(H,27,31)(H,28,32)(H,33,34)(H4,22,23,24)/t12-,14-,15-,16-/m0/s1. The van der Waals surface area contributed by atoms with E-state index in [9.17, 15) is 24.0 Å². The highest BCUT2D eigenvalue weighted by molar-refractivity contribution is 7.98. The molecule has 0 bridgehead atoms. The molecule has 14 heteroatoms. The van der Waals surface area contributed by atoms with Crippen LogP contribution in [0.1, 0.15) is 47.0 Å². The predicted molar refractivity (Wildman–Crippen MR) is 134 cm³/mol. The molecule has 0 heterocycles. The van der Waals surface area contributed by atoms with Crippen molar-refractivity contribution in [2.24, 2.45) is 22.4 Å². The van der Waals surface area contributed by atoms with Crippen molar-refractivity contribution in [3.63, 3.8) is 0 Å². The lowest BCUT2D eigenvalue weighted by atomic mass is 10.0. The Bertz CT molecular complexity index is 773. The van der Waals surface area contributed by atoms with E-state index in [4.69, 9.17) is 16.6 Å². The molecule has 9 N–H and O–H groups in total. The number of nitrogens with two attached hydrogens (primary N) is 2. The number of rotatable bonds is 16. The van der Waals surface area contributed by atoms with Crippen molar-refractivity contribution in [3.8, 4) is 0 Å². The molecular formula is C21H39N7O6S. The quantitative estimate of drug-likeness (QED) is 0.0719. The van der Waals surface area contributed by atoms with E-state index in [1.165, 1.54) is 25.6 Å². The minimum Gasteiger partial charge on any atom is -0.480 e. The number of hydrogen-bond acceptors (Lipinski definition) is 7. The van der Waals surface area contributed by atoms with Crippen LogP contribution in [0.2, 0.25) is 0 Å². The van der Waals surface area contributed by atoms with E-state index < -0.39 is 53.8 Å². The second kappa shape index (κ2) is 16.6. The van der Waals surface area contributed by atoms with E-state index in [0.29, 0.717) is 12.2 Å². The van der Waals surface area contributed by atoms with Gasteiger partial charge in [-0.25, -0.2) is 0 Å². The summed E-state index contributed by atoms with van der Waals surface area (Å²) < 4.78 is 0. The molecule has 13 nitrogen and oxygen atoms in total. The molecule has 0 aliphatic carbocycles. The van der Waals surface area contributed by atoms with Crippen LogP contribution >= 0.6 is 11.8 Å². The van der Waals surface area contributed by atoms with Gasteiger partial charge in [-0.15, -0.1) is 0 Å². The molecular weight excluding hydrogens is 478 g/mol. The molecule has 35 heavy (non-hydrogen) atoms. The molecule has 0 rings (SSSR count). The van der Waals surface area contributed by atoms with Gasteiger partial charge in [-0.1, -0.05) is 13.8 Å². The summed E-state index contributed by atoms with van der Waals surface area (Å²) >= 11 is 1.46. The smallest absolute Gasteiger partial charge is 0.325 e. The number of thioether (sulfide) groups is 1. The molecule has 0 radical (unpaired) electrons.